The molecule has 0 bridgehead atoms. The molecule has 6 aromatic carbocycles. The Morgan fingerprint density at radius 2 is 1.02 bits per heavy atom. The molecule has 0 amide bonds. The lowest BCUT2D eigenvalue weighted by molar-refractivity contribution is 1.26. The first-order valence-corrected chi connectivity index (χ1v) is 14.6. The van der Waals surface area contributed by atoms with E-state index in [2.05, 4.69) is 149 Å². The molecule has 0 fully saturated rings. The fraction of sp³-hybridized carbons (Fsp3) is 0. The first-order chi connectivity index (χ1) is 19.9. The fourth-order valence-corrected chi connectivity index (χ4v) is 7.95. The normalized spacial score (nSPS) is 13.3. The van der Waals surface area contributed by atoms with Crippen LogP contribution in [0.15, 0.2) is 140 Å². The van der Waals surface area contributed by atoms with Crippen molar-refractivity contribution in [3.63, 3.8) is 0 Å². The fourth-order valence-electron chi connectivity index (χ4n) is 6.81. The van der Waals surface area contributed by atoms with E-state index in [1.165, 1.54) is 70.7 Å². The summed E-state index contributed by atoms with van der Waals surface area (Å²) in [5.41, 5.74) is 11.4. The molecule has 7 aromatic rings. The molecule has 3 heterocycles. The lowest BCUT2D eigenvalue weighted by Gasteiger charge is -2.44. The van der Waals surface area contributed by atoms with Crippen LogP contribution in [0.1, 0.15) is 0 Å². The molecule has 0 aliphatic carbocycles. The van der Waals surface area contributed by atoms with Crippen LogP contribution in [-0.2, 0) is 0 Å². The molecule has 0 unspecified atom stereocenters. The Morgan fingerprint density at radius 3 is 1.77 bits per heavy atom. The van der Waals surface area contributed by atoms with E-state index in [1.54, 1.807) is 0 Å². The van der Waals surface area contributed by atoms with Crippen LogP contribution >= 0.6 is 11.3 Å². The molecule has 0 atom stereocenters. The molecule has 0 N–H and O–H groups in total. The van der Waals surface area contributed by atoms with Crippen molar-refractivity contribution in [2.24, 2.45) is 0 Å². The Labute approximate surface area is 237 Å². The highest BCUT2D eigenvalue weighted by Crippen LogP contribution is 2.45. The highest BCUT2D eigenvalue weighted by atomic mass is 32.1. The summed E-state index contributed by atoms with van der Waals surface area (Å²) in [6, 6.07) is 51.1. The minimum atomic E-state index is 0.145. The summed E-state index contributed by atoms with van der Waals surface area (Å²) in [4.78, 5) is 4.92. The number of hydrogen-bond donors (Lipinski definition) is 0. The predicted octanol–water partition coefficient (Wildman–Crippen LogP) is 8.14. The summed E-state index contributed by atoms with van der Waals surface area (Å²) in [6.45, 7) is 0.145. The van der Waals surface area contributed by atoms with E-state index >= 15 is 0 Å². The summed E-state index contributed by atoms with van der Waals surface area (Å²) in [5, 5.41) is 2.66. The van der Waals surface area contributed by atoms with Crippen LogP contribution in [0.2, 0.25) is 0 Å². The third kappa shape index (κ3) is 3.00. The van der Waals surface area contributed by atoms with Crippen molar-refractivity contribution >= 4 is 88.7 Å². The Bertz CT molecular complexity index is 2080. The molecule has 0 radical (unpaired) electrons. The van der Waals surface area contributed by atoms with Crippen molar-refractivity contribution in [3.05, 3.63) is 140 Å². The Morgan fingerprint density at radius 1 is 0.425 bits per heavy atom. The van der Waals surface area contributed by atoms with E-state index in [1.807, 2.05) is 11.3 Å². The van der Waals surface area contributed by atoms with E-state index in [-0.39, 0.29) is 6.71 Å². The lowest BCUT2D eigenvalue weighted by atomic mass is 9.33. The number of rotatable bonds is 2. The molecular weight excluding hydrogens is 503 g/mol. The smallest absolute Gasteiger partial charge is 0.252 e. The quantitative estimate of drug-likeness (QED) is 0.210. The molecule has 0 saturated carbocycles. The first kappa shape index (κ1) is 22.1. The van der Waals surface area contributed by atoms with Crippen LogP contribution in [0.5, 0.6) is 0 Å². The van der Waals surface area contributed by atoms with Crippen molar-refractivity contribution < 1.29 is 0 Å². The molecule has 2 aliphatic rings. The SMILES string of the molecule is c1ccc(N2c3ccccc3B3c4cc5sc6ccccc6c5cc4N(c4ccccc4)c4cccc2c43)cc1. The molecule has 2 nitrogen and oxygen atoms in total. The van der Waals surface area contributed by atoms with Crippen molar-refractivity contribution in [1.29, 1.82) is 0 Å². The standard InChI is InChI=1S/C36H23BN2S/c1-3-12-24(13-4-1)38-30-18-9-8-17-28(30)37-29-23-35-27(26-16-7-10-21-34(26)40-35)22-33(29)39(25-14-5-2-6-15-25)32-20-11-19-31(38)36(32)37/h1-23H. The Kier molecular flexibility index (Phi) is 4.61. The molecule has 40 heavy (non-hydrogen) atoms. The van der Waals surface area contributed by atoms with E-state index in [0.717, 1.165) is 0 Å². The van der Waals surface area contributed by atoms with Gasteiger partial charge in [-0.15, -0.1) is 11.3 Å². The molecule has 1 aromatic heterocycles. The van der Waals surface area contributed by atoms with E-state index in [9.17, 15) is 0 Å². The van der Waals surface area contributed by atoms with Crippen LogP contribution < -0.4 is 26.2 Å². The summed E-state index contributed by atoms with van der Waals surface area (Å²) in [5.74, 6) is 0. The summed E-state index contributed by atoms with van der Waals surface area (Å²) in [6.07, 6.45) is 0. The average molecular weight is 526 g/mol. The van der Waals surface area contributed by atoms with Gasteiger partial charge >= 0.3 is 0 Å². The number of anilines is 6. The van der Waals surface area contributed by atoms with Crippen LogP contribution in [0.25, 0.3) is 20.2 Å². The predicted molar refractivity (Wildman–Crippen MR) is 173 cm³/mol. The second-order valence-corrected chi connectivity index (χ2v) is 11.6. The zero-order valence-electron chi connectivity index (χ0n) is 21.7. The van der Waals surface area contributed by atoms with Gasteiger partial charge in [0.1, 0.15) is 0 Å². The molecule has 4 heteroatoms. The molecule has 2 aliphatic heterocycles. The maximum atomic E-state index is 2.48. The van der Waals surface area contributed by atoms with Gasteiger partial charge in [-0.05, 0) is 77.1 Å². The second kappa shape index (κ2) is 8.35. The van der Waals surface area contributed by atoms with Crippen LogP contribution in [0, 0.1) is 0 Å². The van der Waals surface area contributed by atoms with Gasteiger partial charge in [-0.25, -0.2) is 0 Å². The third-order valence-electron chi connectivity index (χ3n) is 8.43. The van der Waals surface area contributed by atoms with E-state index < -0.39 is 0 Å². The van der Waals surface area contributed by atoms with Gasteiger partial charge in [0, 0.05) is 54.3 Å². The van der Waals surface area contributed by atoms with Gasteiger partial charge in [-0.1, -0.05) is 78.9 Å². The number of fused-ring (bicyclic) bond motifs is 7. The Balaban J connectivity index is 1.41. The van der Waals surface area contributed by atoms with E-state index in [0.29, 0.717) is 0 Å². The lowest BCUT2D eigenvalue weighted by Crippen LogP contribution is -2.61. The second-order valence-electron chi connectivity index (χ2n) is 10.5. The number of benzene rings is 6. The summed E-state index contributed by atoms with van der Waals surface area (Å²) in [7, 11) is 0. The number of hydrogen-bond acceptors (Lipinski definition) is 3. The maximum Gasteiger partial charge on any atom is 0.252 e. The maximum absolute atomic E-state index is 2.48. The molecule has 9 rings (SSSR count). The topological polar surface area (TPSA) is 6.48 Å². The monoisotopic (exact) mass is 526 g/mol. The largest absolute Gasteiger partial charge is 0.311 e. The minimum Gasteiger partial charge on any atom is -0.311 e. The summed E-state index contributed by atoms with van der Waals surface area (Å²) >= 11 is 1.90. The van der Waals surface area contributed by atoms with E-state index in [4.69, 9.17) is 0 Å². The van der Waals surface area contributed by atoms with Gasteiger partial charge in [-0.3, -0.25) is 0 Å². The van der Waals surface area contributed by atoms with Gasteiger partial charge in [0.15, 0.2) is 0 Å². The molecule has 0 saturated heterocycles. The van der Waals surface area contributed by atoms with Gasteiger partial charge in [0.25, 0.3) is 6.71 Å². The molecule has 186 valence electrons. The van der Waals surface area contributed by atoms with Gasteiger partial charge in [0.05, 0.1) is 0 Å². The van der Waals surface area contributed by atoms with Crippen molar-refractivity contribution in [3.8, 4) is 0 Å². The summed E-state index contributed by atoms with van der Waals surface area (Å²) < 4.78 is 2.68. The van der Waals surface area contributed by atoms with Gasteiger partial charge < -0.3 is 9.80 Å². The minimum absolute atomic E-state index is 0.145. The molecule has 0 spiro atoms. The number of thiophene rings is 1. The van der Waals surface area contributed by atoms with Crippen molar-refractivity contribution in [1.82, 2.24) is 0 Å². The first-order valence-electron chi connectivity index (χ1n) is 13.7. The molecular formula is C36H23BN2S. The van der Waals surface area contributed by atoms with Gasteiger partial charge in [0.2, 0.25) is 0 Å². The van der Waals surface area contributed by atoms with Crippen LogP contribution in [0.4, 0.5) is 34.1 Å². The zero-order chi connectivity index (χ0) is 26.2. The highest BCUT2D eigenvalue weighted by molar-refractivity contribution is 7.26. The average Bonchev–Trinajstić information content (AvgIpc) is 3.38. The number of para-hydroxylation sites is 3. The Hall–Kier alpha value is -4.80. The highest BCUT2D eigenvalue weighted by Gasteiger charge is 2.43. The van der Waals surface area contributed by atoms with Crippen LogP contribution in [0.3, 0.4) is 0 Å². The zero-order valence-corrected chi connectivity index (χ0v) is 22.5. The van der Waals surface area contributed by atoms with Crippen molar-refractivity contribution in [2.45, 2.75) is 0 Å². The van der Waals surface area contributed by atoms with Crippen molar-refractivity contribution in [2.75, 3.05) is 9.80 Å². The third-order valence-corrected chi connectivity index (χ3v) is 9.56. The number of nitrogens with zero attached hydrogens (tertiary/aromatic N) is 2. The van der Waals surface area contributed by atoms with Crippen LogP contribution in [-0.4, -0.2) is 6.71 Å². The van der Waals surface area contributed by atoms with Gasteiger partial charge in [-0.2, -0.15) is 0 Å².